The van der Waals surface area contributed by atoms with Crippen LogP contribution in [0.5, 0.6) is 5.75 Å². The number of ether oxygens (including phenoxy) is 2. The van der Waals surface area contributed by atoms with Crippen molar-refractivity contribution in [3.8, 4) is 17.0 Å². The number of rotatable bonds is 6. The molecule has 2 fully saturated rings. The Balaban J connectivity index is 1.48. The van der Waals surface area contributed by atoms with Crippen molar-refractivity contribution in [1.29, 1.82) is 0 Å². The highest BCUT2D eigenvalue weighted by Crippen LogP contribution is 2.35. The van der Waals surface area contributed by atoms with Gasteiger partial charge in [0.25, 0.3) is 0 Å². The summed E-state index contributed by atoms with van der Waals surface area (Å²) in [7, 11) is 1.72. The summed E-state index contributed by atoms with van der Waals surface area (Å²) < 4.78 is 11.1. The number of hydrogen-bond acceptors (Lipinski definition) is 6. The van der Waals surface area contributed by atoms with Crippen molar-refractivity contribution < 1.29 is 9.47 Å². The molecule has 6 nitrogen and oxygen atoms in total. The summed E-state index contributed by atoms with van der Waals surface area (Å²) in [6.07, 6.45) is 5.41. The Morgan fingerprint density at radius 1 is 1.09 bits per heavy atom. The molecule has 2 saturated heterocycles. The van der Waals surface area contributed by atoms with E-state index in [9.17, 15) is 0 Å². The summed E-state index contributed by atoms with van der Waals surface area (Å²) in [4.78, 5) is 14.6. The van der Waals surface area contributed by atoms with Gasteiger partial charge in [-0.05, 0) is 67.6 Å². The lowest BCUT2D eigenvalue weighted by Gasteiger charge is -2.31. The molecule has 0 radical (unpaired) electrons. The third kappa shape index (κ3) is 4.97. The van der Waals surface area contributed by atoms with Gasteiger partial charge in [0, 0.05) is 48.9 Å². The van der Waals surface area contributed by atoms with Gasteiger partial charge in [-0.3, -0.25) is 0 Å². The van der Waals surface area contributed by atoms with Crippen LogP contribution in [0.1, 0.15) is 25.6 Å². The first-order valence-electron chi connectivity index (χ1n) is 12.2. The van der Waals surface area contributed by atoms with E-state index in [1.54, 1.807) is 7.11 Å². The highest BCUT2D eigenvalue weighted by molar-refractivity contribution is 5.98. The molecule has 2 aromatic carbocycles. The van der Waals surface area contributed by atoms with Crippen molar-refractivity contribution in [2.75, 3.05) is 57.9 Å². The van der Waals surface area contributed by atoms with E-state index in [1.165, 1.54) is 35.8 Å². The van der Waals surface area contributed by atoms with Crippen molar-refractivity contribution in [3.05, 3.63) is 48.4 Å². The highest BCUT2D eigenvalue weighted by atomic mass is 16.5. The fourth-order valence-electron chi connectivity index (χ4n) is 5.18. The van der Waals surface area contributed by atoms with Gasteiger partial charge in [-0.2, -0.15) is 0 Å². The molecular formula is C27H34N4O2. The summed E-state index contributed by atoms with van der Waals surface area (Å²) in [5, 5.41) is 2.40. The zero-order valence-electron chi connectivity index (χ0n) is 19.8. The zero-order valence-corrected chi connectivity index (χ0v) is 19.8. The minimum Gasteiger partial charge on any atom is -0.497 e. The first kappa shape index (κ1) is 22.1. The maximum Gasteiger partial charge on any atom is 0.129 e. The number of piperidine rings is 1. The molecule has 3 heterocycles. The van der Waals surface area contributed by atoms with E-state index < -0.39 is 0 Å². The summed E-state index contributed by atoms with van der Waals surface area (Å²) in [6, 6.07) is 12.9. The number of nitrogens with zero attached hydrogens (tertiary/aromatic N) is 4. The number of hydrogen-bond donors (Lipinski definition) is 0. The van der Waals surface area contributed by atoms with Crippen molar-refractivity contribution in [1.82, 2.24) is 14.9 Å². The normalized spacial score (nSPS) is 19.7. The van der Waals surface area contributed by atoms with E-state index in [0.717, 1.165) is 68.6 Å². The molecule has 1 aromatic heterocycles. The van der Waals surface area contributed by atoms with Gasteiger partial charge in [-0.25, -0.2) is 9.97 Å². The van der Waals surface area contributed by atoms with E-state index in [4.69, 9.17) is 14.5 Å². The lowest BCUT2D eigenvalue weighted by Crippen LogP contribution is -2.36. The zero-order chi connectivity index (χ0) is 22.6. The Labute approximate surface area is 196 Å². The molecule has 3 aromatic rings. The molecule has 5 rings (SSSR count). The molecule has 2 aliphatic rings. The first-order chi connectivity index (χ1) is 16.2. The summed E-state index contributed by atoms with van der Waals surface area (Å²) in [6.45, 7) is 9.04. The molecule has 1 atom stereocenters. The Morgan fingerprint density at radius 3 is 2.79 bits per heavy atom. The molecule has 0 aliphatic carbocycles. The van der Waals surface area contributed by atoms with Crippen molar-refractivity contribution in [2.24, 2.45) is 5.92 Å². The smallest absolute Gasteiger partial charge is 0.129 e. The molecule has 6 heteroatoms. The predicted molar refractivity (Wildman–Crippen MR) is 133 cm³/mol. The maximum absolute atomic E-state index is 5.61. The Kier molecular flexibility index (Phi) is 6.74. The number of fused-ring (bicyclic) bond motifs is 1. The molecule has 0 saturated carbocycles. The molecular weight excluding hydrogens is 412 g/mol. The number of aromatic nitrogens is 2. The van der Waals surface area contributed by atoms with Crippen LogP contribution in [0, 0.1) is 5.92 Å². The van der Waals surface area contributed by atoms with Crippen LogP contribution in [0.3, 0.4) is 0 Å². The van der Waals surface area contributed by atoms with E-state index in [0.29, 0.717) is 5.92 Å². The van der Waals surface area contributed by atoms with Gasteiger partial charge in [0.15, 0.2) is 0 Å². The molecule has 33 heavy (non-hydrogen) atoms. The van der Waals surface area contributed by atoms with Gasteiger partial charge in [0.2, 0.25) is 0 Å². The molecule has 0 bridgehead atoms. The Hall–Kier alpha value is -2.70. The number of methoxy groups -OCH3 is 1. The third-order valence-corrected chi connectivity index (χ3v) is 7.01. The third-order valence-electron chi connectivity index (χ3n) is 7.01. The van der Waals surface area contributed by atoms with E-state index >= 15 is 0 Å². The number of anilines is 1. The predicted octanol–water partition coefficient (Wildman–Crippen LogP) is 4.42. The van der Waals surface area contributed by atoms with Gasteiger partial charge in [-0.1, -0.05) is 13.0 Å². The lowest BCUT2D eigenvalue weighted by molar-refractivity contribution is 0.123. The largest absolute Gasteiger partial charge is 0.497 e. The first-order valence-corrected chi connectivity index (χ1v) is 12.2. The second-order valence-corrected chi connectivity index (χ2v) is 9.15. The molecule has 0 amide bonds. The summed E-state index contributed by atoms with van der Waals surface area (Å²) in [5.74, 6) is 2.47. The Morgan fingerprint density at radius 2 is 1.97 bits per heavy atom. The minimum atomic E-state index is 0.641. The number of morpholine rings is 1. The van der Waals surface area contributed by atoms with Gasteiger partial charge >= 0.3 is 0 Å². The fraction of sp³-hybridized carbons (Fsp3) is 0.481. The van der Waals surface area contributed by atoms with Crippen LogP contribution in [0.15, 0.2) is 42.6 Å². The monoisotopic (exact) mass is 446 g/mol. The average molecular weight is 447 g/mol. The minimum absolute atomic E-state index is 0.641. The van der Waals surface area contributed by atoms with Crippen LogP contribution in [0.25, 0.3) is 22.0 Å². The van der Waals surface area contributed by atoms with Crippen LogP contribution in [0.4, 0.5) is 5.69 Å². The van der Waals surface area contributed by atoms with Crippen molar-refractivity contribution in [2.45, 2.75) is 26.2 Å². The molecule has 0 spiro atoms. The van der Waals surface area contributed by atoms with Gasteiger partial charge in [0.1, 0.15) is 11.6 Å². The molecule has 2 aliphatic heterocycles. The second kappa shape index (κ2) is 10.1. The van der Waals surface area contributed by atoms with Gasteiger partial charge in [0.05, 0.1) is 26.0 Å². The summed E-state index contributed by atoms with van der Waals surface area (Å²) in [5.41, 5.74) is 3.35. The quantitative estimate of drug-likeness (QED) is 0.559. The average Bonchev–Trinajstić information content (AvgIpc) is 2.88. The van der Waals surface area contributed by atoms with Crippen molar-refractivity contribution >= 4 is 16.5 Å². The SMILES string of the molecule is CCN1CCCC(Cc2nccc(-c3cc(N4CCOCC4)c4cc(OC)ccc4c3)n2)C1. The summed E-state index contributed by atoms with van der Waals surface area (Å²) >= 11 is 0. The van der Waals surface area contributed by atoms with E-state index in [1.807, 2.05) is 18.3 Å². The van der Waals surface area contributed by atoms with Crippen LogP contribution in [-0.2, 0) is 11.2 Å². The maximum atomic E-state index is 5.61. The van der Waals surface area contributed by atoms with Gasteiger partial charge < -0.3 is 19.3 Å². The number of likely N-dealkylation sites (tertiary alicyclic amines) is 1. The molecule has 174 valence electrons. The van der Waals surface area contributed by atoms with Crippen molar-refractivity contribution in [3.63, 3.8) is 0 Å². The van der Waals surface area contributed by atoms with Crippen LogP contribution < -0.4 is 9.64 Å². The number of benzene rings is 2. The molecule has 0 N–H and O–H groups in total. The molecule has 1 unspecified atom stereocenters. The van der Waals surface area contributed by atoms with Gasteiger partial charge in [-0.15, -0.1) is 0 Å². The standard InChI is InChI=1S/C27H34N4O2/c1-3-30-10-4-5-20(19-30)15-27-28-9-8-25(29-27)22-16-21-6-7-23(32-2)18-24(21)26(17-22)31-11-13-33-14-12-31/h6-9,16-18,20H,3-5,10-15,19H2,1-2H3. The second-order valence-electron chi connectivity index (χ2n) is 9.15. The van der Waals surface area contributed by atoms with Crippen LogP contribution >= 0.6 is 0 Å². The van der Waals surface area contributed by atoms with Crippen LogP contribution in [0.2, 0.25) is 0 Å². The topological polar surface area (TPSA) is 50.7 Å². The Bertz CT molecular complexity index is 1100. The fourth-order valence-corrected chi connectivity index (χ4v) is 5.18. The van der Waals surface area contributed by atoms with Crippen LogP contribution in [-0.4, -0.2) is 67.9 Å². The van der Waals surface area contributed by atoms with E-state index in [-0.39, 0.29) is 0 Å². The van der Waals surface area contributed by atoms with E-state index in [2.05, 4.69) is 46.0 Å². The lowest BCUT2D eigenvalue weighted by atomic mass is 9.94. The highest BCUT2D eigenvalue weighted by Gasteiger charge is 2.21.